The Labute approximate surface area is 140 Å². The van der Waals surface area contributed by atoms with Gasteiger partial charge in [0, 0.05) is 12.6 Å². The van der Waals surface area contributed by atoms with Crippen LogP contribution in [0.3, 0.4) is 0 Å². The highest BCUT2D eigenvalue weighted by Gasteiger charge is 2.21. The molecule has 0 aliphatic rings. The van der Waals surface area contributed by atoms with Gasteiger partial charge in [-0.05, 0) is 29.8 Å². The minimum absolute atomic E-state index is 0.254. The maximum atomic E-state index is 13.0. The van der Waals surface area contributed by atoms with Crippen LogP contribution >= 0.6 is 11.3 Å². The molecule has 120 valence electrons. The minimum Gasteiger partial charge on any atom is -0.491 e. The molecule has 5 nitrogen and oxygen atoms in total. The molecule has 0 bridgehead atoms. The van der Waals surface area contributed by atoms with E-state index in [1.807, 2.05) is 6.07 Å². The van der Waals surface area contributed by atoms with Crippen LogP contribution in [-0.2, 0) is 6.42 Å². The topological polar surface area (TPSA) is 61.0 Å². The number of hydrogen-bond acceptors (Lipinski definition) is 6. The normalized spacial score (nSPS) is 11.1. The van der Waals surface area contributed by atoms with Crippen molar-refractivity contribution in [2.24, 2.45) is 0 Å². The summed E-state index contributed by atoms with van der Waals surface area (Å²) in [6.07, 6.45) is 2.27. The van der Waals surface area contributed by atoms with Crippen molar-refractivity contribution < 1.29 is 13.5 Å². The predicted molar refractivity (Wildman–Crippen MR) is 88.7 cm³/mol. The SMILES string of the molecule is COc1c(-c2nnc(Cc3ccc(F)cc3)s2)oc2cccnc12. The summed E-state index contributed by atoms with van der Waals surface area (Å²) in [4.78, 5) is 4.28. The fourth-order valence-electron chi connectivity index (χ4n) is 2.43. The largest absolute Gasteiger partial charge is 0.491 e. The van der Waals surface area contributed by atoms with Gasteiger partial charge in [-0.15, -0.1) is 10.2 Å². The molecule has 0 radical (unpaired) electrons. The Morgan fingerprint density at radius 3 is 2.79 bits per heavy atom. The van der Waals surface area contributed by atoms with Crippen molar-refractivity contribution in [1.82, 2.24) is 15.2 Å². The molecule has 0 amide bonds. The van der Waals surface area contributed by atoms with Crippen molar-refractivity contribution in [2.45, 2.75) is 6.42 Å². The highest BCUT2D eigenvalue weighted by molar-refractivity contribution is 7.14. The number of ether oxygens (including phenoxy) is 1. The fraction of sp³-hybridized carbons (Fsp3) is 0.118. The lowest BCUT2D eigenvalue weighted by atomic mass is 10.2. The number of furan rings is 1. The van der Waals surface area contributed by atoms with Crippen LogP contribution in [0.2, 0.25) is 0 Å². The second-order valence-electron chi connectivity index (χ2n) is 5.12. The fourth-order valence-corrected chi connectivity index (χ4v) is 3.28. The van der Waals surface area contributed by atoms with Gasteiger partial charge >= 0.3 is 0 Å². The first-order chi connectivity index (χ1) is 11.7. The molecule has 0 atom stereocenters. The van der Waals surface area contributed by atoms with Crippen LogP contribution in [0.4, 0.5) is 4.39 Å². The average molecular weight is 341 g/mol. The molecule has 7 heteroatoms. The number of halogens is 1. The van der Waals surface area contributed by atoms with Crippen molar-refractivity contribution in [3.8, 4) is 16.5 Å². The van der Waals surface area contributed by atoms with Gasteiger partial charge in [0.05, 0.1) is 7.11 Å². The van der Waals surface area contributed by atoms with E-state index in [2.05, 4.69) is 15.2 Å². The molecule has 1 aromatic carbocycles. The van der Waals surface area contributed by atoms with Crippen LogP contribution in [0.1, 0.15) is 10.6 Å². The molecule has 4 rings (SSSR count). The van der Waals surface area contributed by atoms with Crippen LogP contribution in [0.25, 0.3) is 21.9 Å². The summed E-state index contributed by atoms with van der Waals surface area (Å²) >= 11 is 1.41. The Kier molecular flexibility index (Phi) is 3.70. The predicted octanol–water partition coefficient (Wildman–Crippen LogP) is 4.08. The van der Waals surface area contributed by atoms with Crippen LogP contribution in [-0.4, -0.2) is 22.3 Å². The van der Waals surface area contributed by atoms with Crippen LogP contribution in [0.15, 0.2) is 47.0 Å². The third kappa shape index (κ3) is 2.63. The molecule has 0 N–H and O–H groups in total. The highest BCUT2D eigenvalue weighted by atomic mass is 32.1. The summed E-state index contributed by atoms with van der Waals surface area (Å²) in [5.74, 6) is 0.820. The van der Waals surface area contributed by atoms with Crippen molar-refractivity contribution in [3.05, 3.63) is 59.0 Å². The highest BCUT2D eigenvalue weighted by Crippen LogP contribution is 2.39. The molecule has 3 heterocycles. The van der Waals surface area contributed by atoms with Crippen LogP contribution in [0.5, 0.6) is 5.75 Å². The zero-order valence-electron chi connectivity index (χ0n) is 12.7. The van der Waals surface area contributed by atoms with Crippen molar-refractivity contribution >= 4 is 22.4 Å². The lowest BCUT2D eigenvalue weighted by Crippen LogP contribution is -1.87. The molecule has 0 spiro atoms. The molecule has 4 aromatic rings. The molecule has 0 saturated heterocycles. The number of benzene rings is 1. The van der Waals surface area contributed by atoms with Gasteiger partial charge < -0.3 is 9.15 Å². The Morgan fingerprint density at radius 1 is 1.17 bits per heavy atom. The Bertz CT molecular complexity index is 995. The van der Waals surface area contributed by atoms with Gasteiger partial charge in [-0.2, -0.15) is 0 Å². The molecule has 0 saturated carbocycles. The van der Waals surface area contributed by atoms with Crippen molar-refractivity contribution in [1.29, 1.82) is 0 Å². The summed E-state index contributed by atoms with van der Waals surface area (Å²) < 4.78 is 24.2. The quantitative estimate of drug-likeness (QED) is 0.559. The second-order valence-corrected chi connectivity index (χ2v) is 6.18. The van der Waals surface area contributed by atoms with Crippen LogP contribution in [0, 0.1) is 5.82 Å². The zero-order valence-corrected chi connectivity index (χ0v) is 13.5. The van der Waals surface area contributed by atoms with Gasteiger partial charge in [0.15, 0.2) is 21.9 Å². The zero-order chi connectivity index (χ0) is 16.5. The molecular formula is C17H12FN3O2S. The van der Waals surface area contributed by atoms with E-state index in [0.29, 0.717) is 34.0 Å². The van der Waals surface area contributed by atoms with Gasteiger partial charge in [0.2, 0.25) is 5.76 Å². The first kappa shape index (κ1) is 14.8. The Balaban J connectivity index is 1.68. The lowest BCUT2D eigenvalue weighted by molar-refractivity contribution is 0.413. The Hall–Kier alpha value is -2.80. The third-order valence-electron chi connectivity index (χ3n) is 3.54. The maximum absolute atomic E-state index is 13.0. The molecule has 0 aliphatic heterocycles. The molecule has 0 unspecified atom stereocenters. The van der Waals surface area contributed by atoms with E-state index < -0.39 is 0 Å². The first-order valence-corrected chi connectivity index (χ1v) is 8.05. The molecule has 3 aromatic heterocycles. The standard InChI is InChI=1S/C17H12FN3O2S/c1-22-15-14-12(3-2-8-19-14)23-16(15)17-21-20-13(24-17)9-10-4-6-11(18)7-5-10/h2-8H,9H2,1H3. The molecule has 0 aliphatic carbocycles. The summed E-state index contributed by atoms with van der Waals surface area (Å²) in [5, 5.41) is 9.83. The molecular weight excluding hydrogens is 329 g/mol. The number of methoxy groups -OCH3 is 1. The Morgan fingerprint density at radius 2 is 2.00 bits per heavy atom. The number of hydrogen-bond donors (Lipinski definition) is 0. The summed E-state index contributed by atoms with van der Waals surface area (Å²) in [6, 6.07) is 9.98. The monoisotopic (exact) mass is 341 g/mol. The summed E-state index contributed by atoms with van der Waals surface area (Å²) in [7, 11) is 1.57. The second kappa shape index (κ2) is 6.01. The smallest absolute Gasteiger partial charge is 0.209 e. The van der Waals surface area contributed by atoms with E-state index in [-0.39, 0.29) is 5.82 Å². The van der Waals surface area contributed by atoms with Gasteiger partial charge in [-0.3, -0.25) is 0 Å². The van der Waals surface area contributed by atoms with E-state index in [4.69, 9.17) is 9.15 Å². The number of nitrogens with zero attached hydrogens (tertiary/aromatic N) is 3. The van der Waals surface area contributed by atoms with Gasteiger partial charge in [0.1, 0.15) is 10.8 Å². The van der Waals surface area contributed by atoms with E-state index in [9.17, 15) is 4.39 Å². The molecule has 0 fully saturated rings. The number of aromatic nitrogens is 3. The first-order valence-electron chi connectivity index (χ1n) is 7.23. The summed E-state index contributed by atoms with van der Waals surface area (Å²) in [6.45, 7) is 0. The van der Waals surface area contributed by atoms with E-state index in [0.717, 1.165) is 10.6 Å². The average Bonchev–Trinajstić information content (AvgIpc) is 3.20. The minimum atomic E-state index is -0.254. The summed E-state index contributed by atoms with van der Waals surface area (Å²) in [5.41, 5.74) is 2.27. The number of fused-ring (bicyclic) bond motifs is 1. The van der Waals surface area contributed by atoms with E-state index >= 15 is 0 Å². The van der Waals surface area contributed by atoms with Crippen molar-refractivity contribution in [2.75, 3.05) is 7.11 Å². The van der Waals surface area contributed by atoms with E-state index in [1.54, 1.807) is 31.5 Å². The number of pyridine rings is 1. The van der Waals surface area contributed by atoms with Crippen LogP contribution < -0.4 is 4.74 Å². The number of rotatable bonds is 4. The van der Waals surface area contributed by atoms with E-state index in [1.165, 1.54) is 23.5 Å². The van der Waals surface area contributed by atoms with Crippen molar-refractivity contribution in [3.63, 3.8) is 0 Å². The molecule has 24 heavy (non-hydrogen) atoms. The third-order valence-corrected chi connectivity index (χ3v) is 4.46. The van der Waals surface area contributed by atoms with Gasteiger partial charge in [-0.25, -0.2) is 9.37 Å². The lowest BCUT2D eigenvalue weighted by Gasteiger charge is -1.97. The van der Waals surface area contributed by atoms with Gasteiger partial charge in [-0.1, -0.05) is 23.5 Å². The maximum Gasteiger partial charge on any atom is 0.209 e. The van der Waals surface area contributed by atoms with Gasteiger partial charge in [0.25, 0.3) is 0 Å².